The van der Waals surface area contributed by atoms with Gasteiger partial charge in [0.05, 0.1) is 6.04 Å². The van der Waals surface area contributed by atoms with Crippen LogP contribution in [0.4, 0.5) is 0 Å². The Hall–Kier alpha value is -0.800. The number of benzene rings is 1. The van der Waals surface area contributed by atoms with E-state index in [2.05, 4.69) is 54.2 Å². The summed E-state index contributed by atoms with van der Waals surface area (Å²) in [5, 5.41) is 4.81. The Morgan fingerprint density at radius 3 is 2.74 bits per heavy atom. The van der Waals surface area contributed by atoms with Crippen molar-refractivity contribution in [3.63, 3.8) is 0 Å². The lowest BCUT2D eigenvalue weighted by molar-refractivity contribution is 0.376. The molecule has 3 heteroatoms. The molecule has 1 aromatic heterocycles. The van der Waals surface area contributed by atoms with Crippen LogP contribution in [0.5, 0.6) is 0 Å². The van der Waals surface area contributed by atoms with E-state index < -0.39 is 0 Å². The van der Waals surface area contributed by atoms with Crippen molar-refractivity contribution < 1.29 is 4.42 Å². The first-order valence-electron chi connectivity index (χ1n) is 7.09. The van der Waals surface area contributed by atoms with Gasteiger partial charge in [0, 0.05) is 15.9 Å². The summed E-state index contributed by atoms with van der Waals surface area (Å²) < 4.78 is 7.01. The molecule has 2 aromatic rings. The van der Waals surface area contributed by atoms with Crippen molar-refractivity contribution in [3.05, 3.63) is 34.5 Å². The first-order chi connectivity index (χ1) is 9.13. The largest absolute Gasteiger partial charge is 0.459 e. The summed E-state index contributed by atoms with van der Waals surface area (Å²) in [6.07, 6.45) is 3.59. The zero-order valence-electron chi connectivity index (χ0n) is 11.9. The normalized spacial score (nSPS) is 14.7. The summed E-state index contributed by atoms with van der Waals surface area (Å²) in [6, 6.07) is 9.08. The first-order valence-corrected chi connectivity index (χ1v) is 7.88. The van der Waals surface area contributed by atoms with Gasteiger partial charge in [-0.15, -0.1) is 0 Å². The average Bonchev–Trinajstić information content (AvgIpc) is 2.81. The molecule has 0 bridgehead atoms. The fourth-order valence-electron chi connectivity index (χ4n) is 2.44. The Morgan fingerprint density at radius 2 is 2.05 bits per heavy atom. The van der Waals surface area contributed by atoms with E-state index in [4.69, 9.17) is 4.42 Å². The first kappa shape index (κ1) is 14.6. The van der Waals surface area contributed by atoms with Gasteiger partial charge in [0.15, 0.2) is 0 Å². The van der Waals surface area contributed by atoms with Crippen LogP contribution in [0.1, 0.15) is 51.8 Å². The Balaban J connectivity index is 2.14. The molecule has 1 aromatic carbocycles. The molecule has 0 saturated carbocycles. The summed E-state index contributed by atoms with van der Waals surface area (Å²) in [7, 11) is 0. The van der Waals surface area contributed by atoms with Crippen LogP contribution in [0, 0.1) is 0 Å². The van der Waals surface area contributed by atoms with Crippen LogP contribution in [-0.4, -0.2) is 6.04 Å². The van der Waals surface area contributed by atoms with E-state index in [1.54, 1.807) is 0 Å². The van der Waals surface area contributed by atoms with Crippen LogP contribution < -0.4 is 5.32 Å². The molecule has 2 nitrogen and oxygen atoms in total. The summed E-state index contributed by atoms with van der Waals surface area (Å²) in [5.74, 6) is 1.02. The molecule has 2 unspecified atom stereocenters. The van der Waals surface area contributed by atoms with Crippen molar-refractivity contribution in [2.24, 2.45) is 0 Å². The number of halogens is 1. The van der Waals surface area contributed by atoms with Gasteiger partial charge in [-0.25, -0.2) is 0 Å². The van der Waals surface area contributed by atoms with Crippen molar-refractivity contribution in [1.82, 2.24) is 5.32 Å². The van der Waals surface area contributed by atoms with Crippen LogP contribution in [-0.2, 0) is 0 Å². The zero-order chi connectivity index (χ0) is 13.8. The highest BCUT2D eigenvalue weighted by molar-refractivity contribution is 9.10. The minimum absolute atomic E-state index is 0.252. The van der Waals surface area contributed by atoms with Gasteiger partial charge in [0.2, 0.25) is 0 Å². The van der Waals surface area contributed by atoms with Crippen LogP contribution >= 0.6 is 15.9 Å². The van der Waals surface area contributed by atoms with E-state index in [-0.39, 0.29) is 6.04 Å². The third kappa shape index (κ3) is 3.61. The van der Waals surface area contributed by atoms with Gasteiger partial charge >= 0.3 is 0 Å². The van der Waals surface area contributed by atoms with E-state index in [1.807, 2.05) is 12.1 Å². The Labute approximate surface area is 123 Å². The van der Waals surface area contributed by atoms with Gasteiger partial charge in [-0.1, -0.05) is 36.2 Å². The lowest BCUT2D eigenvalue weighted by atomic mass is 10.1. The molecular weight excluding hydrogens is 302 g/mol. The van der Waals surface area contributed by atoms with Crippen LogP contribution in [0.3, 0.4) is 0 Å². The van der Waals surface area contributed by atoms with Crippen molar-refractivity contribution in [3.8, 4) is 0 Å². The second-order valence-corrected chi connectivity index (χ2v) is 6.03. The van der Waals surface area contributed by atoms with Gasteiger partial charge in [0.1, 0.15) is 11.3 Å². The molecule has 0 spiro atoms. The minimum atomic E-state index is 0.252. The van der Waals surface area contributed by atoms with Gasteiger partial charge in [-0.3, -0.25) is 0 Å². The van der Waals surface area contributed by atoms with Crippen molar-refractivity contribution in [2.45, 2.75) is 52.1 Å². The van der Waals surface area contributed by atoms with E-state index >= 15 is 0 Å². The second-order valence-electron chi connectivity index (χ2n) is 5.11. The van der Waals surface area contributed by atoms with E-state index in [1.165, 1.54) is 12.8 Å². The number of furan rings is 1. The molecule has 0 aliphatic carbocycles. The molecule has 0 aliphatic heterocycles. The van der Waals surface area contributed by atoms with Gasteiger partial charge in [0.25, 0.3) is 0 Å². The quantitative estimate of drug-likeness (QED) is 0.767. The Kier molecular flexibility index (Phi) is 5.06. The molecule has 19 heavy (non-hydrogen) atoms. The molecule has 0 amide bonds. The summed E-state index contributed by atoms with van der Waals surface area (Å²) in [5.41, 5.74) is 0.954. The Bertz CT molecular complexity index is 535. The van der Waals surface area contributed by atoms with E-state index in [0.717, 1.165) is 27.6 Å². The van der Waals surface area contributed by atoms with Gasteiger partial charge < -0.3 is 9.73 Å². The third-order valence-corrected chi connectivity index (χ3v) is 4.03. The summed E-state index contributed by atoms with van der Waals surface area (Å²) in [4.78, 5) is 0. The molecule has 2 rings (SSSR count). The highest BCUT2D eigenvalue weighted by Gasteiger charge is 2.15. The van der Waals surface area contributed by atoms with Gasteiger partial charge in [-0.05, 0) is 44.0 Å². The van der Waals surface area contributed by atoms with Crippen molar-refractivity contribution >= 4 is 26.9 Å². The summed E-state index contributed by atoms with van der Waals surface area (Å²) >= 11 is 3.49. The number of rotatable bonds is 6. The third-order valence-electron chi connectivity index (χ3n) is 3.54. The van der Waals surface area contributed by atoms with E-state index in [9.17, 15) is 0 Å². The highest BCUT2D eigenvalue weighted by atomic mass is 79.9. The van der Waals surface area contributed by atoms with Crippen molar-refractivity contribution in [2.75, 3.05) is 0 Å². The molecule has 104 valence electrons. The maximum Gasteiger partial charge on any atom is 0.134 e. The standard InChI is InChI=1S/C16H22BrNO/c1-4-6-14(5-2)18-11(3)16-10-12-9-13(17)7-8-15(12)19-16/h7-11,14,18H,4-6H2,1-3H3. The molecule has 0 fully saturated rings. The number of nitrogens with one attached hydrogen (secondary N) is 1. The maximum atomic E-state index is 5.93. The van der Waals surface area contributed by atoms with E-state index in [0.29, 0.717) is 6.04 Å². The lowest BCUT2D eigenvalue weighted by Gasteiger charge is -2.20. The lowest BCUT2D eigenvalue weighted by Crippen LogP contribution is -2.30. The second kappa shape index (κ2) is 6.58. The maximum absolute atomic E-state index is 5.93. The zero-order valence-corrected chi connectivity index (χ0v) is 13.5. The SMILES string of the molecule is CCCC(CC)NC(C)c1cc2cc(Br)ccc2o1. The number of hydrogen-bond donors (Lipinski definition) is 1. The Morgan fingerprint density at radius 1 is 1.26 bits per heavy atom. The monoisotopic (exact) mass is 323 g/mol. The molecular formula is C16H22BrNO. The fourth-order valence-corrected chi connectivity index (χ4v) is 2.82. The fraction of sp³-hybridized carbons (Fsp3) is 0.500. The molecule has 0 aliphatic rings. The molecule has 0 radical (unpaired) electrons. The molecule has 0 saturated heterocycles. The molecule has 1 heterocycles. The average molecular weight is 324 g/mol. The van der Waals surface area contributed by atoms with Gasteiger partial charge in [-0.2, -0.15) is 0 Å². The van der Waals surface area contributed by atoms with Crippen LogP contribution in [0.2, 0.25) is 0 Å². The predicted molar refractivity (Wildman–Crippen MR) is 84.5 cm³/mol. The number of fused-ring (bicyclic) bond motifs is 1. The molecule has 2 atom stereocenters. The predicted octanol–water partition coefficient (Wildman–Crippen LogP) is 5.42. The molecule has 1 N–H and O–H groups in total. The summed E-state index contributed by atoms with van der Waals surface area (Å²) in [6.45, 7) is 6.63. The topological polar surface area (TPSA) is 25.2 Å². The van der Waals surface area contributed by atoms with Crippen LogP contribution in [0.15, 0.2) is 33.2 Å². The van der Waals surface area contributed by atoms with Crippen LogP contribution in [0.25, 0.3) is 11.0 Å². The highest BCUT2D eigenvalue weighted by Crippen LogP contribution is 2.27. The van der Waals surface area contributed by atoms with Crippen molar-refractivity contribution in [1.29, 1.82) is 0 Å². The minimum Gasteiger partial charge on any atom is -0.459 e. The number of hydrogen-bond acceptors (Lipinski definition) is 2. The smallest absolute Gasteiger partial charge is 0.134 e.